The van der Waals surface area contributed by atoms with Gasteiger partial charge in [0.15, 0.2) is 0 Å². The molecular weight excluding hydrogens is 259 g/mol. The molecule has 0 saturated carbocycles. The van der Waals surface area contributed by atoms with Crippen LogP contribution in [0, 0.1) is 5.82 Å². The van der Waals surface area contributed by atoms with Crippen molar-refractivity contribution >= 4 is 5.69 Å². The first kappa shape index (κ1) is 15.2. The van der Waals surface area contributed by atoms with Crippen LogP contribution in [0.4, 0.5) is 10.1 Å². The summed E-state index contributed by atoms with van der Waals surface area (Å²) in [5, 5.41) is 12.8. The van der Waals surface area contributed by atoms with Gasteiger partial charge in [-0.25, -0.2) is 4.39 Å². The van der Waals surface area contributed by atoms with Crippen LogP contribution in [0.3, 0.4) is 0 Å². The SMILES string of the molecule is COCCNCc1c(F)cccc1N1CCC(O)CC1. The maximum Gasteiger partial charge on any atom is 0.129 e. The van der Waals surface area contributed by atoms with E-state index in [0.29, 0.717) is 25.3 Å². The van der Waals surface area contributed by atoms with Gasteiger partial charge < -0.3 is 20.1 Å². The fraction of sp³-hybridized carbons (Fsp3) is 0.600. The number of halogens is 1. The molecule has 2 rings (SSSR count). The Bertz CT molecular complexity index is 420. The first-order chi connectivity index (χ1) is 9.72. The van der Waals surface area contributed by atoms with E-state index in [1.54, 1.807) is 13.2 Å². The van der Waals surface area contributed by atoms with Crippen LogP contribution in [0.2, 0.25) is 0 Å². The zero-order valence-electron chi connectivity index (χ0n) is 11.9. The highest BCUT2D eigenvalue weighted by Gasteiger charge is 2.20. The Morgan fingerprint density at radius 1 is 1.40 bits per heavy atom. The lowest BCUT2D eigenvalue weighted by Crippen LogP contribution is -2.36. The van der Waals surface area contributed by atoms with Crippen molar-refractivity contribution in [2.75, 3.05) is 38.3 Å². The second-order valence-electron chi connectivity index (χ2n) is 5.13. The Labute approximate surface area is 119 Å². The smallest absolute Gasteiger partial charge is 0.129 e. The van der Waals surface area contributed by atoms with E-state index < -0.39 is 0 Å². The molecule has 1 fully saturated rings. The summed E-state index contributed by atoms with van der Waals surface area (Å²) in [5.74, 6) is -0.182. The zero-order valence-corrected chi connectivity index (χ0v) is 11.9. The number of aliphatic hydroxyl groups excluding tert-OH is 1. The van der Waals surface area contributed by atoms with Gasteiger partial charge in [-0.2, -0.15) is 0 Å². The molecule has 0 amide bonds. The summed E-state index contributed by atoms with van der Waals surface area (Å²) >= 11 is 0. The summed E-state index contributed by atoms with van der Waals surface area (Å²) in [6.45, 7) is 3.35. The maximum absolute atomic E-state index is 14.0. The van der Waals surface area contributed by atoms with E-state index in [9.17, 15) is 9.50 Å². The Kier molecular flexibility index (Phi) is 5.76. The molecule has 5 heteroatoms. The topological polar surface area (TPSA) is 44.7 Å². The molecular formula is C15H23FN2O2. The predicted molar refractivity (Wildman–Crippen MR) is 77.4 cm³/mol. The molecule has 1 aromatic rings. The Morgan fingerprint density at radius 2 is 2.15 bits per heavy atom. The maximum atomic E-state index is 14.0. The van der Waals surface area contributed by atoms with Gasteiger partial charge in [-0.1, -0.05) is 6.07 Å². The lowest BCUT2D eigenvalue weighted by atomic mass is 10.0. The van der Waals surface area contributed by atoms with E-state index in [1.807, 2.05) is 6.07 Å². The van der Waals surface area contributed by atoms with Crippen LogP contribution in [-0.2, 0) is 11.3 Å². The first-order valence-electron chi connectivity index (χ1n) is 7.12. The van der Waals surface area contributed by atoms with Crippen molar-refractivity contribution in [2.24, 2.45) is 0 Å². The predicted octanol–water partition coefficient (Wildman–Crippen LogP) is 1.52. The highest BCUT2D eigenvalue weighted by Crippen LogP contribution is 2.26. The van der Waals surface area contributed by atoms with E-state index in [1.165, 1.54) is 6.07 Å². The van der Waals surface area contributed by atoms with Gasteiger partial charge in [-0.3, -0.25) is 0 Å². The van der Waals surface area contributed by atoms with E-state index in [2.05, 4.69) is 10.2 Å². The van der Waals surface area contributed by atoms with E-state index in [4.69, 9.17) is 4.74 Å². The summed E-state index contributed by atoms with van der Waals surface area (Å²) in [6.07, 6.45) is 1.27. The largest absolute Gasteiger partial charge is 0.393 e. The third-order valence-electron chi connectivity index (χ3n) is 3.68. The Morgan fingerprint density at radius 3 is 2.85 bits per heavy atom. The van der Waals surface area contributed by atoms with Crippen molar-refractivity contribution in [1.29, 1.82) is 0 Å². The molecule has 0 spiro atoms. The summed E-state index contributed by atoms with van der Waals surface area (Å²) in [5.41, 5.74) is 1.63. The van der Waals surface area contributed by atoms with Crippen molar-refractivity contribution in [3.8, 4) is 0 Å². The number of methoxy groups -OCH3 is 1. The summed E-state index contributed by atoms with van der Waals surface area (Å²) in [6, 6.07) is 5.19. The Balaban J connectivity index is 2.05. The van der Waals surface area contributed by atoms with Crippen molar-refractivity contribution in [1.82, 2.24) is 5.32 Å². The number of benzene rings is 1. The number of piperidine rings is 1. The van der Waals surface area contributed by atoms with Crippen LogP contribution >= 0.6 is 0 Å². The van der Waals surface area contributed by atoms with Gasteiger partial charge in [0.05, 0.1) is 12.7 Å². The molecule has 1 aromatic carbocycles. The van der Waals surface area contributed by atoms with Crippen molar-refractivity contribution in [2.45, 2.75) is 25.5 Å². The monoisotopic (exact) mass is 282 g/mol. The number of hydrogen-bond acceptors (Lipinski definition) is 4. The molecule has 112 valence electrons. The van der Waals surface area contributed by atoms with Crippen LogP contribution in [0.5, 0.6) is 0 Å². The van der Waals surface area contributed by atoms with Crippen LogP contribution in [0.25, 0.3) is 0 Å². The van der Waals surface area contributed by atoms with E-state index >= 15 is 0 Å². The third-order valence-corrected chi connectivity index (χ3v) is 3.68. The first-order valence-corrected chi connectivity index (χ1v) is 7.12. The Hall–Kier alpha value is -1.17. The quantitative estimate of drug-likeness (QED) is 0.777. The molecule has 1 heterocycles. The highest BCUT2D eigenvalue weighted by atomic mass is 19.1. The van der Waals surface area contributed by atoms with Gasteiger partial charge in [-0.05, 0) is 25.0 Å². The number of rotatable bonds is 6. The molecule has 0 bridgehead atoms. The van der Waals surface area contributed by atoms with Crippen LogP contribution in [0.15, 0.2) is 18.2 Å². The van der Waals surface area contributed by atoms with Gasteiger partial charge in [0.2, 0.25) is 0 Å². The minimum Gasteiger partial charge on any atom is -0.393 e. The average Bonchev–Trinajstić information content (AvgIpc) is 2.46. The minimum absolute atomic E-state index is 0.182. The number of nitrogens with one attached hydrogen (secondary N) is 1. The normalized spacial score (nSPS) is 16.6. The van der Waals surface area contributed by atoms with Gasteiger partial charge in [0, 0.05) is 44.5 Å². The minimum atomic E-state index is -0.219. The molecule has 0 aliphatic carbocycles. The van der Waals surface area contributed by atoms with Crippen molar-refractivity contribution < 1.29 is 14.2 Å². The van der Waals surface area contributed by atoms with Gasteiger partial charge in [0.1, 0.15) is 5.82 Å². The fourth-order valence-electron chi connectivity index (χ4n) is 2.51. The zero-order chi connectivity index (χ0) is 14.4. The molecule has 1 aliphatic heterocycles. The van der Waals surface area contributed by atoms with Gasteiger partial charge in [-0.15, -0.1) is 0 Å². The van der Waals surface area contributed by atoms with Gasteiger partial charge >= 0.3 is 0 Å². The number of ether oxygens (including phenoxy) is 1. The number of hydrogen-bond donors (Lipinski definition) is 2. The molecule has 0 atom stereocenters. The van der Waals surface area contributed by atoms with Crippen molar-refractivity contribution in [3.63, 3.8) is 0 Å². The molecule has 1 aliphatic rings. The molecule has 0 aromatic heterocycles. The van der Waals surface area contributed by atoms with Crippen molar-refractivity contribution in [3.05, 3.63) is 29.6 Å². The number of aliphatic hydroxyl groups is 1. The molecule has 0 radical (unpaired) electrons. The summed E-state index contributed by atoms with van der Waals surface area (Å²) < 4.78 is 19.0. The lowest BCUT2D eigenvalue weighted by molar-refractivity contribution is 0.145. The van der Waals surface area contributed by atoms with Gasteiger partial charge in [0.25, 0.3) is 0 Å². The summed E-state index contributed by atoms with van der Waals surface area (Å²) in [7, 11) is 1.65. The summed E-state index contributed by atoms with van der Waals surface area (Å²) in [4.78, 5) is 2.16. The molecule has 4 nitrogen and oxygen atoms in total. The third kappa shape index (κ3) is 3.91. The lowest BCUT2D eigenvalue weighted by Gasteiger charge is -2.33. The molecule has 1 saturated heterocycles. The standard InChI is InChI=1S/C15H23FN2O2/c1-20-10-7-17-11-13-14(16)3-2-4-15(13)18-8-5-12(19)6-9-18/h2-4,12,17,19H,5-11H2,1H3. The molecule has 2 N–H and O–H groups in total. The average molecular weight is 282 g/mol. The van der Waals surface area contributed by atoms with Crippen LogP contribution < -0.4 is 10.2 Å². The van der Waals surface area contributed by atoms with E-state index in [0.717, 1.165) is 31.6 Å². The second kappa shape index (κ2) is 7.57. The molecule has 20 heavy (non-hydrogen) atoms. The molecule has 0 unspecified atom stereocenters. The number of anilines is 1. The van der Waals surface area contributed by atoms with Crippen LogP contribution in [0.1, 0.15) is 18.4 Å². The highest BCUT2D eigenvalue weighted by molar-refractivity contribution is 5.54. The van der Waals surface area contributed by atoms with Crippen LogP contribution in [-0.4, -0.2) is 44.6 Å². The fourth-order valence-corrected chi connectivity index (χ4v) is 2.51. The number of nitrogens with zero attached hydrogens (tertiary/aromatic N) is 1. The second-order valence-corrected chi connectivity index (χ2v) is 5.13. The van der Waals surface area contributed by atoms with E-state index in [-0.39, 0.29) is 11.9 Å².